The van der Waals surface area contributed by atoms with Gasteiger partial charge in [-0.05, 0) is 70.4 Å². The van der Waals surface area contributed by atoms with Crippen LogP contribution >= 0.6 is 22.6 Å². The number of allylic oxidation sites excluding steroid dienone is 2. The van der Waals surface area contributed by atoms with Crippen LogP contribution in [0.4, 0.5) is 0 Å². The van der Waals surface area contributed by atoms with Crippen LogP contribution in [0.15, 0.2) is 29.4 Å². The van der Waals surface area contributed by atoms with Crippen molar-refractivity contribution in [2.24, 2.45) is 40.6 Å². The first-order valence-electron chi connectivity index (χ1n) is 8.68. The van der Waals surface area contributed by atoms with Gasteiger partial charge in [0.15, 0.2) is 11.5 Å². The zero-order valence-electron chi connectivity index (χ0n) is 14.0. The smallest absolute Gasteiger partial charge is 0.254 e. The van der Waals surface area contributed by atoms with Crippen LogP contribution in [0.3, 0.4) is 0 Å². The van der Waals surface area contributed by atoms with E-state index in [-0.39, 0.29) is 41.2 Å². The highest BCUT2D eigenvalue weighted by Crippen LogP contribution is 2.65. The molecular formula is C19H17IN2O4. The van der Waals surface area contributed by atoms with Gasteiger partial charge in [-0.3, -0.25) is 9.59 Å². The Hall–Kier alpha value is -1.90. The minimum atomic E-state index is -0.243. The first-order valence-corrected chi connectivity index (χ1v) is 9.75. The van der Waals surface area contributed by atoms with Crippen molar-refractivity contribution >= 4 is 40.6 Å². The van der Waals surface area contributed by atoms with E-state index < -0.39 is 0 Å². The number of carbonyl (C=O) groups excluding carboxylic acids is 2. The van der Waals surface area contributed by atoms with E-state index in [1.165, 1.54) is 13.3 Å². The van der Waals surface area contributed by atoms with Gasteiger partial charge in [-0.2, -0.15) is 10.1 Å². The lowest BCUT2D eigenvalue weighted by Gasteiger charge is -2.37. The highest BCUT2D eigenvalue weighted by atomic mass is 127. The van der Waals surface area contributed by atoms with Crippen molar-refractivity contribution in [1.29, 1.82) is 0 Å². The Balaban J connectivity index is 1.44. The Morgan fingerprint density at radius 3 is 2.38 bits per heavy atom. The quantitative estimate of drug-likeness (QED) is 0.323. The molecule has 5 aliphatic rings. The monoisotopic (exact) mass is 464 g/mol. The number of ether oxygens (including phenoxy) is 1. The standard InChI is InChI=1S/C19H17IN2O4/c1-26-14-5-8(4-13(20)17(14)23)7-21-22-18(24)15-9-2-3-10(12-6-11(9)12)16(15)19(22)25/h2-5,7,9-12,15-16,23H,6H2,1H3/t9-,10-,11-,12+,15-,16+/m0/s1. The molecule has 3 fully saturated rings. The molecule has 0 aromatic heterocycles. The van der Waals surface area contributed by atoms with E-state index >= 15 is 0 Å². The van der Waals surface area contributed by atoms with E-state index in [0.29, 0.717) is 26.7 Å². The topological polar surface area (TPSA) is 79.2 Å². The summed E-state index contributed by atoms with van der Waals surface area (Å²) in [4.78, 5) is 25.7. The molecule has 4 aliphatic carbocycles. The number of phenolic OH excluding ortho intramolecular Hbond substituents is 1. The third-order valence-corrected chi connectivity index (χ3v) is 7.05. The summed E-state index contributed by atoms with van der Waals surface area (Å²) in [5, 5.41) is 15.2. The van der Waals surface area contributed by atoms with Crippen molar-refractivity contribution in [3.05, 3.63) is 33.4 Å². The van der Waals surface area contributed by atoms with Crippen LogP contribution in [0.25, 0.3) is 0 Å². The number of hydrogen-bond donors (Lipinski definition) is 1. The summed E-state index contributed by atoms with van der Waals surface area (Å²) in [5.74, 6) is 1.09. The average Bonchev–Trinajstić information content (AvgIpc) is 3.41. The predicted molar refractivity (Wildman–Crippen MR) is 102 cm³/mol. The minimum absolute atomic E-state index is 0.0615. The molecule has 2 saturated carbocycles. The molecule has 0 spiro atoms. The second kappa shape index (κ2) is 5.55. The van der Waals surface area contributed by atoms with E-state index in [9.17, 15) is 14.7 Å². The van der Waals surface area contributed by atoms with Crippen molar-refractivity contribution in [3.8, 4) is 11.5 Å². The van der Waals surface area contributed by atoms with Gasteiger partial charge in [0.2, 0.25) is 0 Å². The van der Waals surface area contributed by atoms with Crippen molar-refractivity contribution in [2.75, 3.05) is 7.11 Å². The Kier molecular flexibility index (Phi) is 3.47. The van der Waals surface area contributed by atoms with Crippen LogP contribution in [-0.2, 0) is 9.59 Å². The number of nitrogens with zero attached hydrogens (tertiary/aromatic N) is 2. The van der Waals surface area contributed by atoms with E-state index in [4.69, 9.17) is 4.74 Å². The maximum Gasteiger partial charge on any atom is 0.254 e. The summed E-state index contributed by atoms with van der Waals surface area (Å²) in [6, 6.07) is 3.35. The molecule has 6 rings (SSSR count). The fourth-order valence-corrected chi connectivity index (χ4v) is 5.63. The maximum atomic E-state index is 12.9. The lowest BCUT2D eigenvalue weighted by atomic mass is 9.63. The number of imide groups is 1. The molecule has 1 aromatic rings. The van der Waals surface area contributed by atoms with Gasteiger partial charge >= 0.3 is 0 Å². The van der Waals surface area contributed by atoms with Crippen LogP contribution in [0.5, 0.6) is 11.5 Å². The summed E-state index contributed by atoms with van der Waals surface area (Å²) in [6.45, 7) is 0. The van der Waals surface area contributed by atoms with Crippen LogP contribution < -0.4 is 4.74 Å². The third-order valence-electron chi connectivity index (χ3n) is 6.23. The fraction of sp³-hybridized carbons (Fsp3) is 0.421. The normalized spacial score (nSPS) is 36.6. The van der Waals surface area contributed by atoms with Gasteiger partial charge in [0.05, 0.1) is 28.7 Å². The van der Waals surface area contributed by atoms with Crippen molar-refractivity contribution in [1.82, 2.24) is 5.01 Å². The highest BCUT2D eigenvalue weighted by molar-refractivity contribution is 14.1. The van der Waals surface area contributed by atoms with E-state index in [1.54, 1.807) is 12.1 Å². The molecule has 1 saturated heterocycles. The first kappa shape index (κ1) is 16.3. The predicted octanol–water partition coefficient (Wildman–Crippen LogP) is 2.39. The molecule has 2 bridgehead atoms. The SMILES string of the molecule is COc1cc(C=NN2C(=O)[C@@H]3[C@H]4C=C[C@@H]([C@@H]5C[C@H]45)[C@@H]3C2=O)cc(I)c1O. The summed E-state index contributed by atoms with van der Waals surface area (Å²) >= 11 is 2.00. The highest BCUT2D eigenvalue weighted by Gasteiger charge is 2.67. The second-order valence-electron chi connectivity index (χ2n) is 7.44. The molecule has 0 radical (unpaired) electrons. The summed E-state index contributed by atoms with van der Waals surface area (Å²) in [5.41, 5.74) is 0.656. The number of phenols is 1. The molecule has 2 amide bonds. The number of carbonyl (C=O) groups is 2. The summed E-state index contributed by atoms with van der Waals surface area (Å²) < 4.78 is 5.75. The number of benzene rings is 1. The van der Waals surface area contributed by atoms with E-state index in [2.05, 4.69) is 17.3 Å². The molecular weight excluding hydrogens is 447 g/mol. The van der Waals surface area contributed by atoms with Crippen LogP contribution in [-0.4, -0.2) is 35.3 Å². The number of hydrogen-bond acceptors (Lipinski definition) is 5. The molecule has 1 heterocycles. The van der Waals surface area contributed by atoms with Crippen molar-refractivity contribution < 1.29 is 19.4 Å². The molecule has 6 nitrogen and oxygen atoms in total. The molecule has 0 unspecified atom stereocenters. The number of methoxy groups -OCH3 is 1. The van der Waals surface area contributed by atoms with Crippen LogP contribution in [0.2, 0.25) is 0 Å². The molecule has 6 atom stereocenters. The summed E-state index contributed by atoms with van der Waals surface area (Å²) in [7, 11) is 1.47. The van der Waals surface area contributed by atoms with Gasteiger partial charge in [-0.1, -0.05) is 12.2 Å². The lowest BCUT2D eigenvalue weighted by Crippen LogP contribution is -2.40. The Bertz CT molecular complexity index is 860. The Labute approximate surface area is 164 Å². The van der Waals surface area contributed by atoms with Crippen LogP contribution in [0.1, 0.15) is 12.0 Å². The lowest BCUT2D eigenvalue weighted by molar-refractivity contribution is -0.140. The van der Waals surface area contributed by atoms with Crippen molar-refractivity contribution in [2.45, 2.75) is 6.42 Å². The number of rotatable bonds is 3. The largest absolute Gasteiger partial charge is 0.504 e. The second-order valence-corrected chi connectivity index (χ2v) is 8.60. The first-order chi connectivity index (χ1) is 12.5. The molecule has 1 N–H and O–H groups in total. The fourth-order valence-electron chi connectivity index (χ4n) is 5.00. The number of aromatic hydroxyl groups is 1. The molecule has 7 heteroatoms. The number of halogens is 1. The van der Waals surface area contributed by atoms with Gasteiger partial charge in [0.1, 0.15) is 0 Å². The van der Waals surface area contributed by atoms with Crippen LogP contribution in [0, 0.1) is 39.1 Å². The van der Waals surface area contributed by atoms with E-state index in [1.807, 2.05) is 22.6 Å². The minimum Gasteiger partial charge on any atom is -0.504 e. The van der Waals surface area contributed by atoms with Crippen molar-refractivity contribution in [3.63, 3.8) is 0 Å². The average molecular weight is 464 g/mol. The van der Waals surface area contributed by atoms with Gasteiger partial charge in [0.25, 0.3) is 11.8 Å². The zero-order valence-corrected chi connectivity index (χ0v) is 16.2. The Morgan fingerprint density at radius 2 is 1.81 bits per heavy atom. The maximum absolute atomic E-state index is 12.9. The van der Waals surface area contributed by atoms with Gasteiger partial charge in [-0.15, -0.1) is 0 Å². The third kappa shape index (κ3) is 2.12. The van der Waals surface area contributed by atoms with Gasteiger partial charge < -0.3 is 9.84 Å². The zero-order chi connectivity index (χ0) is 18.2. The van der Waals surface area contributed by atoms with Gasteiger partial charge in [-0.25, -0.2) is 0 Å². The molecule has 26 heavy (non-hydrogen) atoms. The summed E-state index contributed by atoms with van der Waals surface area (Å²) in [6.07, 6.45) is 6.91. The number of amides is 2. The molecule has 1 aromatic carbocycles. The Morgan fingerprint density at radius 1 is 1.19 bits per heavy atom. The molecule has 1 aliphatic heterocycles. The number of hydrazone groups is 1. The molecule has 134 valence electrons. The van der Waals surface area contributed by atoms with E-state index in [0.717, 1.165) is 11.4 Å². The van der Waals surface area contributed by atoms with Gasteiger partial charge in [0, 0.05) is 0 Å².